The van der Waals surface area contributed by atoms with Gasteiger partial charge in [-0.25, -0.2) is 4.98 Å². The number of amides is 2. The zero-order valence-electron chi connectivity index (χ0n) is 15.0. The average molecular weight is 355 g/mol. The summed E-state index contributed by atoms with van der Waals surface area (Å²) < 4.78 is 11.3. The maximum Gasteiger partial charge on any atom is 0.282 e. The number of carbonyl (C=O) groups excluding carboxylic acids is 2. The second kappa shape index (κ2) is 7.03. The van der Waals surface area contributed by atoms with Crippen molar-refractivity contribution in [1.29, 1.82) is 0 Å². The third kappa shape index (κ3) is 2.96. The number of aromatic nitrogens is 1. The zero-order valence-corrected chi connectivity index (χ0v) is 15.0. The van der Waals surface area contributed by atoms with Crippen LogP contribution in [0.25, 0.3) is 0 Å². The number of hydrogen-bond donors (Lipinski definition) is 1. The van der Waals surface area contributed by atoms with E-state index in [-0.39, 0.29) is 0 Å². The van der Waals surface area contributed by atoms with Crippen molar-refractivity contribution < 1.29 is 19.1 Å². The minimum atomic E-state index is -1.70. The topological polar surface area (TPSA) is 80.8 Å². The molecule has 3 rings (SSSR count). The van der Waals surface area contributed by atoms with Crippen LogP contribution in [0.1, 0.15) is 20.8 Å². The Morgan fingerprint density at radius 1 is 1.27 bits per heavy atom. The van der Waals surface area contributed by atoms with Gasteiger partial charge in [0, 0.05) is 12.7 Å². The summed E-state index contributed by atoms with van der Waals surface area (Å²) in [5.41, 5.74) is -1.22. The molecule has 26 heavy (non-hydrogen) atoms. The molecule has 0 saturated heterocycles. The molecule has 1 aromatic carbocycles. The van der Waals surface area contributed by atoms with Crippen molar-refractivity contribution in [3.8, 4) is 11.5 Å². The molecule has 1 N–H and O–H groups in total. The van der Waals surface area contributed by atoms with Gasteiger partial charge in [0.15, 0.2) is 11.6 Å². The minimum Gasteiger partial charge on any atom is -0.492 e. The first-order valence-electron chi connectivity index (χ1n) is 8.50. The zero-order chi connectivity index (χ0) is 18.7. The van der Waals surface area contributed by atoms with E-state index in [4.69, 9.17) is 9.47 Å². The summed E-state index contributed by atoms with van der Waals surface area (Å²) >= 11 is 0. The lowest BCUT2D eigenvalue weighted by atomic mass is 10.0. The maximum absolute atomic E-state index is 13.0. The predicted molar refractivity (Wildman–Crippen MR) is 97.5 cm³/mol. The van der Waals surface area contributed by atoms with Gasteiger partial charge in [-0.2, -0.15) is 0 Å². The van der Waals surface area contributed by atoms with Crippen LogP contribution in [0, 0.1) is 0 Å². The van der Waals surface area contributed by atoms with E-state index in [9.17, 15) is 9.59 Å². The van der Waals surface area contributed by atoms with Gasteiger partial charge in [-0.3, -0.25) is 14.5 Å². The number of fused-ring (bicyclic) bond motifs is 1. The van der Waals surface area contributed by atoms with E-state index in [1.165, 1.54) is 11.8 Å². The summed E-state index contributed by atoms with van der Waals surface area (Å²) in [5.74, 6) is 0.314. The summed E-state index contributed by atoms with van der Waals surface area (Å²) in [6.45, 7) is 5.99. The van der Waals surface area contributed by atoms with E-state index < -0.39 is 17.4 Å². The number of para-hydroxylation sites is 2. The number of carbonyl (C=O) groups is 2. The van der Waals surface area contributed by atoms with E-state index in [0.717, 1.165) is 0 Å². The lowest BCUT2D eigenvalue weighted by Gasteiger charge is -2.38. The van der Waals surface area contributed by atoms with Gasteiger partial charge in [-0.1, -0.05) is 12.1 Å². The Hall–Kier alpha value is -3.09. The number of pyridine rings is 1. The molecule has 0 aliphatic carbocycles. The lowest BCUT2D eigenvalue weighted by molar-refractivity contribution is -0.145. The Labute approximate surface area is 151 Å². The maximum atomic E-state index is 13.0. The molecule has 1 aromatic heterocycles. The van der Waals surface area contributed by atoms with Gasteiger partial charge >= 0.3 is 0 Å². The number of nitrogens with zero attached hydrogens (tertiary/aromatic N) is 2. The summed E-state index contributed by atoms with van der Waals surface area (Å²) in [5, 5.41) is 2.75. The number of nitrogens with one attached hydrogen (secondary N) is 1. The molecule has 2 amide bonds. The number of likely N-dealkylation sites (N-methyl/N-ethyl adjacent to an activating group) is 1. The highest BCUT2D eigenvalue weighted by Gasteiger charge is 2.51. The molecule has 0 fully saturated rings. The quantitative estimate of drug-likeness (QED) is 0.834. The Morgan fingerprint density at radius 2 is 2.04 bits per heavy atom. The van der Waals surface area contributed by atoms with Crippen LogP contribution >= 0.6 is 0 Å². The first-order valence-corrected chi connectivity index (χ1v) is 8.50. The minimum absolute atomic E-state index is 0.380. The van der Waals surface area contributed by atoms with Crippen molar-refractivity contribution >= 4 is 23.3 Å². The van der Waals surface area contributed by atoms with E-state index in [1.54, 1.807) is 36.5 Å². The van der Waals surface area contributed by atoms with Crippen LogP contribution in [0.15, 0.2) is 42.6 Å². The molecule has 0 bridgehead atoms. The van der Waals surface area contributed by atoms with Crippen molar-refractivity contribution in [3.05, 3.63) is 42.6 Å². The largest absolute Gasteiger partial charge is 0.492 e. The van der Waals surface area contributed by atoms with Crippen LogP contribution in [-0.4, -0.2) is 35.6 Å². The number of anilines is 2. The molecular weight excluding hydrogens is 334 g/mol. The van der Waals surface area contributed by atoms with Crippen molar-refractivity contribution in [2.24, 2.45) is 0 Å². The number of rotatable bonds is 5. The smallest absolute Gasteiger partial charge is 0.282 e. The fourth-order valence-electron chi connectivity index (χ4n) is 2.81. The number of ether oxygens (including phenoxy) is 2. The molecule has 1 unspecified atom stereocenters. The molecule has 0 spiro atoms. The predicted octanol–water partition coefficient (Wildman–Crippen LogP) is 2.62. The Balaban J connectivity index is 1.93. The summed E-state index contributed by atoms with van der Waals surface area (Å²) in [6, 6.07) is 10.4. The first-order chi connectivity index (χ1) is 12.5. The normalized spacial score (nSPS) is 18.7. The van der Waals surface area contributed by atoms with Crippen molar-refractivity contribution in [2.45, 2.75) is 26.4 Å². The third-order valence-electron chi connectivity index (χ3n) is 4.16. The van der Waals surface area contributed by atoms with E-state index >= 15 is 0 Å². The summed E-state index contributed by atoms with van der Waals surface area (Å²) in [6.07, 6.45) is 1.58. The average Bonchev–Trinajstić information content (AvgIpc) is 2.64. The molecule has 1 atom stereocenters. The SMILES string of the molecule is CCOc1ccccc1NC(=O)C1(C)Oc2cccnc2N(CC)C1=O. The molecule has 0 saturated carbocycles. The van der Waals surface area contributed by atoms with Gasteiger partial charge < -0.3 is 14.8 Å². The second-order valence-corrected chi connectivity index (χ2v) is 5.89. The van der Waals surface area contributed by atoms with Gasteiger partial charge in [-0.15, -0.1) is 0 Å². The highest BCUT2D eigenvalue weighted by atomic mass is 16.5. The molecule has 2 heterocycles. The van der Waals surface area contributed by atoms with Crippen molar-refractivity contribution in [1.82, 2.24) is 4.98 Å². The molecule has 0 radical (unpaired) electrons. The first kappa shape index (κ1) is 17.7. The molecular formula is C19H21N3O4. The van der Waals surface area contributed by atoms with Crippen LogP contribution < -0.4 is 19.7 Å². The van der Waals surface area contributed by atoms with Crippen LogP contribution in [0.3, 0.4) is 0 Å². The molecule has 2 aromatic rings. The molecule has 7 heteroatoms. The summed E-state index contributed by atoms with van der Waals surface area (Å²) in [7, 11) is 0. The highest BCUT2D eigenvalue weighted by molar-refractivity contribution is 6.19. The van der Waals surface area contributed by atoms with Crippen molar-refractivity contribution in [3.63, 3.8) is 0 Å². The van der Waals surface area contributed by atoms with Gasteiger partial charge in [0.25, 0.3) is 17.4 Å². The molecule has 1 aliphatic rings. The van der Waals surface area contributed by atoms with E-state index in [2.05, 4.69) is 10.3 Å². The fraction of sp³-hybridized carbons (Fsp3) is 0.316. The van der Waals surface area contributed by atoms with Crippen LogP contribution in [0.2, 0.25) is 0 Å². The summed E-state index contributed by atoms with van der Waals surface area (Å²) in [4.78, 5) is 31.6. The Bertz CT molecular complexity index is 839. The van der Waals surface area contributed by atoms with Gasteiger partial charge in [0.1, 0.15) is 5.75 Å². The highest BCUT2D eigenvalue weighted by Crippen LogP contribution is 2.36. The van der Waals surface area contributed by atoms with E-state index in [0.29, 0.717) is 36.2 Å². The van der Waals surface area contributed by atoms with Crippen LogP contribution in [-0.2, 0) is 9.59 Å². The van der Waals surface area contributed by atoms with Crippen LogP contribution in [0.4, 0.5) is 11.5 Å². The van der Waals surface area contributed by atoms with E-state index in [1.807, 2.05) is 19.9 Å². The standard InChI is InChI=1S/C19H21N3O4/c1-4-22-16-15(11-8-12-20-16)26-19(3,18(22)24)17(23)21-13-9-6-7-10-14(13)25-5-2/h6-12H,4-5H2,1-3H3,(H,21,23). The van der Waals surface area contributed by atoms with Gasteiger partial charge in [0.05, 0.1) is 12.3 Å². The monoisotopic (exact) mass is 355 g/mol. The Morgan fingerprint density at radius 3 is 2.77 bits per heavy atom. The van der Waals surface area contributed by atoms with Crippen LogP contribution in [0.5, 0.6) is 11.5 Å². The Kier molecular flexibility index (Phi) is 4.79. The molecule has 136 valence electrons. The molecule has 7 nitrogen and oxygen atoms in total. The number of benzene rings is 1. The van der Waals surface area contributed by atoms with Crippen molar-refractivity contribution in [2.75, 3.05) is 23.4 Å². The van der Waals surface area contributed by atoms with Gasteiger partial charge in [0.2, 0.25) is 0 Å². The lowest BCUT2D eigenvalue weighted by Crippen LogP contribution is -2.60. The molecule has 1 aliphatic heterocycles. The fourth-order valence-corrected chi connectivity index (χ4v) is 2.81. The third-order valence-corrected chi connectivity index (χ3v) is 4.16. The number of hydrogen-bond acceptors (Lipinski definition) is 5. The van der Waals surface area contributed by atoms with Gasteiger partial charge in [-0.05, 0) is 45.0 Å². The second-order valence-electron chi connectivity index (χ2n) is 5.89.